The first-order chi connectivity index (χ1) is 5.24. The van der Waals surface area contributed by atoms with Crippen LogP contribution in [0.3, 0.4) is 0 Å². The molecule has 1 atom stereocenters. The van der Waals surface area contributed by atoms with Gasteiger partial charge in [0.05, 0.1) is 6.04 Å². The topological polar surface area (TPSA) is 67.6 Å². The first-order valence-corrected chi connectivity index (χ1v) is 3.49. The normalized spacial score (nSPS) is 12.9. The summed E-state index contributed by atoms with van der Waals surface area (Å²) in [4.78, 5) is 4.09. The SMILES string of the molecule is C=CCC(N)c1n[nH]c(C)n1. The van der Waals surface area contributed by atoms with Gasteiger partial charge in [-0.2, -0.15) is 5.10 Å². The molecule has 0 saturated carbocycles. The predicted octanol–water partition coefficient (Wildman–Crippen LogP) is 0.689. The number of nitrogens with one attached hydrogen (secondary N) is 1. The fourth-order valence-corrected chi connectivity index (χ4v) is 0.811. The average molecular weight is 152 g/mol. The highest BCUT2D eigenvalue weighted by Crippen LogP contribution is 2.07. The van der Waals surface area contributed by atoms with Crippen LogP contribution >= 0.6 is 0 Å². The van der Waals surface area contributed by atoms with Crippen molar-refractivity contribution in [2.24, 2.45) is 5.73 Å². The summed E-state index contributed by atoms with van der Waals surface area (Å²) >= 11 is 0. The maximum Gasteiger partial charge on any atom is 0.167 e. The standard InChI is InChI=1S/C7H12N4/c1-3-4-6(8)7-9-5(2)10-11-7/h3,6H,1,4,8H2,2H3,(H,9,10,11). The van der Waals surface area contributed by atoms with Gasteiger partial charge in [0.15, 0.2) is 5.82 Å². The molecule has 1 rings (SSSR count). The number of aryl methyl sites for hydroxylation is 1. The Morgan fingerprint density at radius 3 is 3.00 bits per heavy atom. The van der Waals surface area contributed by atoms with Crippen molar-refractivity contribution in [2.75, 3.05) is 0 Å². The molecule has 0 aromatic carbocycles. The second-order valence-corrected chi connectivity index (χ2v) is 2.41. The zero-order valence-corrected chi connectivity index (χ0v) is 6.54. The van der Waals surface area contributed by atoms with E-state index in [-0.39, 0.29) is 6.04 Å². The van der Waals surface area contributed by atoms with Gasteiger partial charge in [-0.05, 0) is 13.3 Å². The smallest absolute Gasteiger partial charge is 0.167 e. The minimum Gasteiger partial charge on any atom is -0.321 e. The summed E-state index contributed by atoms with van der Waals surface area (Å²) in [6, 6.07) is -0.127. The molecular weight excluding hydrogens is 140 g/mol. The highest BCUT2D eigenvalue weighted by molar-refractivity contribution is 4.96. The van der Waals surface area contributed by atoms with Crippen LogP contribution in [0.1, 0.15) is 24.1 Å². The number of hydrogen-bond donors (Lipinski definition) is 2. The van der Waals surface area contributed by atoms with Crippen molar-refractivity contribution >= 4 is 0 Å². The number of aromatic amines is 1. The summed E-state index contributed by atoms with van der Waals surface area (Å²) < 4.78 is 0. The molecule has 0 bridgehead atoms. The summed E-state index contributed by atoms with van der Waals surface area (Å²) in [7, 11) is 0. The van der Waals surface area contributed by atoms with Crippen LogP contribution in [0.2, 0.25) is 0 Å². The van der Waals surface area contributed by atoms with E-state index in [0.717, 1.165) is 5.82 Å². The summed E-state index contributed by atoms with van der Waals surface area (Å²) in [5, 5.41) is 6.66. The number of aromatic nitrogens is 3. The fraction of sp³-hybridized carbons (Fsp3) is 0.429. The summed E-state index contributed by atoms with van der Waals surface area (Å²) in [5.74, 6) is 1.45. The van der Waals surface area contributed by atoms with E-state index < -0.39 is 0 Å². The van der Waals surface area contributed by atoms with Crippen LogP contribution < -0.4 is 5.73 Å². The molecule has 4 nitrogen and oxygen atoms in total. The van der Waals surface area contributed by atoms with Gasteiger partial charge in [0, 0.05) is 0 Å². The molecule has 0 radical (unpaired) electrons. The Labute approximate surface area is 65.5 Å². The zero-order chi connectivity index (χ0) is 8.27. The van der Waals surface area contributed by atoms with Crippen molar-refractivity contribution in [1.82, 2.24) is 15.2 Å². The number of nitrogens with zero attached hydrogens (tertiary/aromatic N) is 2. The van der Waals surface area contributed by atoms with Crippen molar-refractivity contribution < 1.29 is 0 Å². The van der Waals surface area contributed by atoms with Crippen LogP contribution in [-0.4, -0.2) is 15.2 Å². The van der Waals surface area contributed by atoms with Gasteiger partial charge in [-0.3, -0.25) is 5.10 Å². The quantitative estimate of drug-likeness (QED) is 0.626. The lowest BCUT2D eigenvalue weighted by Gasteiger charge is -2.00. The van der Waals surface area contributed by atoms with Crippen molar-refractivity contribution in [3.05, 3.63) is 24.3 Å². The van der Waals surface area contributed by atoms with Crippen LogP contribution in [0.4, 0.5) is 0 Å². The Morgan fingerprint density at radius 2 is 2.55 bits per heavy atom. The molecule has 60 valence electrons. The van der Waals surface area contributed by atoms with E-state index in [9.17, 15) is 0 Å². The molecule has 0 spiro atoms. The van der Waals surface area contributed by atoms with E-state index in [1.54, 1.807) is 6.08 Å². The molecule has 0 aliphatic heterocycles. The first kappa shape index (κ1) is 7.94. The maximum atomic E-state index is 5.70. The third-order valence-electron chi connectivity index (χ3n) is 1.37. The summed E-state index contributed by atoms with van der Waals surface area (Å²) in [6.45, 7) is 5.43. The van der Waals surface area contributed by atoms with Gasteiger partial charge in [-0.1, -0.05) is 6.08 Å². The highest BCUT2D eigenvalue weighted by atomic mass is 15.2. The zero-order valence-electron chi connectivity index (χ0n) is 6.54. The Kier molecular flexibility index (Phi) is 2.38. The van der Waals surface area contributed by atoms with Crippen molar-refractivity contribution in [3.8, 4) is 0 Å². The molecule has 1 heterocycles. The van der Waals surface area contributed by atoms with Crippen LogP contribution in [0.5, 0.6) is 0 Å². The van der Waals surface area contributed by atoms with Crippen LogP contribution in [-0.2, 0) is 0 Å². The largest absolute Gasteiger partial charge is 0.321 e. The number of H-pyrrole nitrogens is 1. The van der Waals surface area contributed by atoms with Gasteiger partial charge in [0.1, 0.15) is 5.82 Å². The van der Waals surface area contributed by atoms with Gasteiger partial charge in [0.2, 0.25) is 0 Å². The maximum absolute atomic E-state index is 5.70. The molecule has 1 aromatic rings. The molecule has 11 heavy (non-hydrogen) atoms. The Balaban J connectivity index is 2.67. The molecule has 0 saturated heterocycles. The van der Waals surface area contributed by atoms with Gasteiger partial charge < -0.3 is 5.73 Å². The average Bonchev–Trinajstić information content (AvgIpc) is 2.36. The van der Waals surface area contributed by atoms with E-state index in [1.165, 1.54) is 0 Å². The molecular formula is C7H12N4. The van der Waals surface area contributed by atoms with Crippen molar-refractivity contribution in [3.63, 3.8) is 0 Å². The molecule has 3 N–H and O–H groups in total. The Hall–Kier alpha value is -1.16. The molecule has 4 heteroatoms. The van der Waals surface area contributed by atoms with Gasteiger partial charge >= 0.3 is 0 Å². The molecule has 1 unspecified atom stereocenters. The van der Waals surface area contributed by atoms with E-state index in [0.29, 0.717) is 12.2 Å². The third kappa shape index (κ3) is 1.88. The second-order valence-electron chi connectivity index (χ2n) is 2.41. The van der Waals surface area contributed by atoms with Gasteiger partial charge in [0.25, 0.3) is 0 Å². The van der Waals surface area contributed by atoms with Crippen molar-refractivity contribution in [1.29, 1.82) is 0 Å². The lowest BCUT2D eigenvalue weighted by atomic mass is 10.2. The molecule has 0 fully saturated rings. The third-order valence-corrected chi connectivity index (χ3v) is 1.37. The van der Waals surface area contributed by atoms with E-state index >= 15 is 0 Å². The van der Waals surface area contributed by atoms with E-state index in [4.69, 9.17) is 5.73 Å². The van der Waals surface area contributed by atoms with Crippen molar-refractivity contribution in [2.45, 2.75) is 19.4 Å². The summed E-state index contributed by atoms with van der Waals surface area (Å²) in [6.07, 6.45) is 2.47. The molecule has 0 amide bonds. The summed E-state index contributed by atoms with van der Waals surface area (Å²) in [5.41, 5.74) is 5.70. The minimum absolute atomic E-state index is 0.127. The Morgan fingerprint density at radius 1 is 1.82 bits per heavy atom. The molecule has 1 aromatic heterocycles. The lowest BCUT2D eigenvalue weighted by Crippen LogP contribution is -2.10. The minimum atomic E-state index is -0.127. The van der Waals surface area contributed by atoms with E-state index in [1.807, 2.05) is 6.92 Å². The van der Waals surface area contributed by atoms with Crippen LogP contribution in [0, 0.1) is 6.92 Å². The van der Waals surface area contributed by atoms with Crippen LogP contribution in [0.25, 0.3) is 0 Å². The van der Waals surface area contributed by atoms with Crippen LogP contribution in [0.15, 0.2) is 12.7 Å². The second kappa shape index (κ2) is 3.30. The lowest BCUT2D eigenvalue weighted by molar-refractivity contribution is 0.686. The number of hydrogen-bond acceptors (Lipinski definition) is 3. The Bertz CT molecular complexity index is 240. The first-order valence-electron chi connectivity index (χ1n) is 3.49. The molecule has 0 aliphatic rings. The number of rotatable bonds is 3. The monoisotopic (exact) mass is 152 g/mol. The van der Waals surface area contributed by atoms with E-state index in [2.05, 4.69) is 21.8 Å². The molecule has 0 aliphatic carbocycles. The fourth-order valence-electron chi connectivity index (χ4n) is 0.811. The van der Waals surface area contributed by atoms with Gasteiger partial charge in [-0.25, -0.2) is 4.98 Å². The highest BCUT2D eigenvalue weighted by Gasteiger charge is 2.07. The predicted molar refractivity (Wildman–Crippen MR) is 42.9 cm³/mol. The number of nitrogens with two attached hydrogens (primary N) is 1. The van der Waals surface area contributed by atoms with Gasteiger partial charge in [-0.15, -0.1) is 6.58 Å².